The number of aliphatic hydroxyl groups excluding tert-OH is 1. The van der Waals surface area contributed by atoms with E-state index in [0.717, 1.165) is 37.2 Å². The quantitative estimate of drug-likeness (QED) is 0.363. The highest BCUT2D eigenvalue weighted by Gasteiger charge is 2.46. The summed E-state index contributed by atoms with van der Waals surface area (Å²) in [6.07, 6.45) is 0.742. The number of methoxy groups -OCH3 is 1. The van der Waals surface area contributed by atoms with Crippen LogP contribution in [0.3, 0.4) is 0 Å². The molecule has 0 radical (unpaired) electrons. The largest absolute Gasteiger partial charge is 0.507 e. The first-order chi connectivity index (χ1) is 15.4. The van der Waals surface area contributed by atoms with Crippen molar-refractivity contribution in [2.24, 2.45) is 0 Å². The molecule has 32 heavy (non-hydrogen) atoms. The number of hydrogen-bond donors (Lipinski definition) is 1. The van der Waals surface area contributed by atoms with Gasteiger partial charge in [-0.3, -0.25) is 9.59 Å². The van der Waals surface area contributed by atoms with Crippen LogP contribution in [0.15, 0.2) is 54.1 Å². The summed E-state index contributed by atoms with van der Waals surface area (Å²) in [5.74, 6) is -1.01. The number of carbonyl (C=O) groups is 2. The number of nitrogens with zero attached hydrogens (tertiary/aromatic N) is 2. The van der Waals surface area contributed by atoms with Crippen molar-refractivity contribution in [3.63, 3.8) is 0 Å². The van der Waals surface area contributed by atoms with Crippen LogP contribution < -0.4 is 4.74 Å². The molecule has 170 valence electrons. The molecule has 1 aliphatic heterocycles. The molecule has 0 aromatic heterocycles. The maximum atomic E-state index is 13.1. The number of para-hydroxylation sites is 1. The van der Waals surface area contributed by atoms with Crippen molar-refractivity contribution < 1.29 is 19.4 Å². The number of hydrogen-bond acceptors (Lipinski definition) is 5. The van der Waals surface area contributed by atoms with E-state index in [1.54, 1.807) is 29.2 Å². The van der Waals surface area contributed by atoms with Crippen LogP contribution in [0.25, 0.3) is 5.76 Å². The van der Waals surface area contributed by atoms with Crippen molar-refractivity contribution in [1.29, 1.82) is 0 Å². The maximum absolute atomic E-state index is 13.1. The van der Waals surface area contributed by atoms with Gasteiger partial charge in [0.25, 0.3) is 11.7 Å². The molecule has 1 unspecified atom stereocenters. The van der Waals surface area contributed by atoms with Gasteiger partial charge in [-0.15, -0.1) is 0 Å². The molecule has 1 aliphatic rings. The molecule has 3 rings (SSSR count). The molecule has 6 heteroatoms. The molecule has 6 nitrogen and oxygen atoms in total. The number of amides is 1. The van der Waals surface area contributed by atoms with Gasteiger partial charge < -0.3 is 19.6 Å². The molecule has 1 saturated heterocycles. The third kappa shape index (κ3) is 4.70. The van der Waals surface area contributed by atoms with Gasteiger partial charge >= 0.3 is 0 Å². The first-order valence-corrected chi connectivity index (χ1v) is 11.1. The summed E-state index contributed by atoms with van der Waals surface area (Å²) >= 11 is 0. The highest BCUT2D eigenvalue weighted by molar-refractivity contribution is 6.46. The highest BCUT2D eigenvalue weighted by Crippen LogP contribution is 2.40. The van der Waals surface area contributed by atoms with Crippen molar-refractivity contribution in [3.8, 4) is 5.75 Å². The Kier molecular flexibility index (Phi) is 7.70. The van der Waals surface area contributed by atoms with Crippen LogP contribution in [-0.2, 0) is 9.59 Å². The van der Waals surface area contributed by atoms with E-state index in [-0.39, 0.29) is 11.3 Å². The fraction of sp³-hybridized carbons (Fsp3) is 0.385. The number of carbonyl (C=O) groups excluding carboxylic acids is 2. The monoisotopic (exact) mass is 436 g/mol. The van der Waals surface area contributed by atoms with Crippen LogP contribution >= 0.6 is 0 Å². The zero-order valence-corrected chi connectivity index (χ0v) is 19.3. The van der Waals surface area contributed by atoms with E-state index in [2.05, 4.69) is 18.7 Å². The van der Waals surface area contributed by atoms with Crippen LogP contribution in [-0.4, -0.2) is 59.9 Å². The Hall–Kier alpha value is -3.12. The predicted octanol–water partition coefficient (Wildman–Crippen LogP) is 4.16. The zero-order valence-electron chi connectivity index (χ0n) is 19.3. The normalized spacial score (nSPS) is 17.9. The van der Waals surface area contributed by atoms with E-state index >= 15 is 0 Å². The summed E-state index contributed by atoms with van der Waals surface area (Å²) in [5.41, 5.74) is 2.38. The second-order valence-electron chi connectivity index (χ2n) is 7.98. The number of benzene rings is 2. The van der Waals surface area contributed by atoms with Gasteiger partial charge in [-0.1, -0.05) is 55.8 Å². The van der Waals surface area contributed by atoms with E-state index in [4.69, 9.17) is 4.74 Å². The van der Waals surface area contributed by atoms with Crippen molar-refractivity contribution >= 4 is 17.4 Å². The van der Waals surface area contributed by atoms with Gasteiger partial charge in [-0.2, -0.15) is 0 Å². The third-order valence-electron chi connectivity index (χ3n) is 6.06. The number of likely N-dealkylation sites (tertiary alicyclic amines) is 1. The number of Topliss-reactive ketones (excluding diaryl/α,β-unsaturated/α-hetero) is 1. The second-order valence-corrected chi connectivity index (χ2v) is 7.98. The minimum atomic E-state index is -0.665. The Balaban J connectivity index is 2.06. The van der Waals surface area contributed by atoms with Crippen LogP contribution in [0.1, 0.15) is 43.0 Å². The summed E-state index contributed by atoms with van der Waals surface area (Å²) in [6.45, 7) is 9.34. The Morgan fingerprint density at radius 2 is 1.72 bits per heavy atom. The summed E-state index contributed by atoms with van der Waals surface area (Å²) in [5, 5.41) is 11.2. The van der Waals surface area contributed by atoms with Crippen LogP contribution in [0.5, 0.6) is 5.75 Å². The van der Waals surface area contributed by atoms with Crippen LogP contribution in [0, 0.1) is 6.92 Å². The SMILES string of the molecule is CCN(CC)CCCN1C(=O)C(=O)/C(=C(/O)c2ccccc2OC)C1c1ccc(C)cc1. The smallest absolute Gasteiger partial charge is 0.295 e. The number of aryl methyl sites for hydroxylation is 1. The Morgan fingerprint density at radius 3 is 2.34 bits per heavy atom. The molecule has 0 saturated carbocycles. The first kappa shape index (κ1) is 23.5. The number of rotatable bonds is 9. The van der Waals surface area contributed by atoms with Crippen LogP contribution in [0.2, 0.25) is 0 Å². The third-order valence-corrected chi connectivity index (χ3v) is 6.06. The molecule has 0 aliphatic carbocycles. The average molecular weight is 437 g/mol. The predicted molar refractivity (Wildman–Crippen MR) is 126 cm³/mol. The van der Waals surface area contributed by atoms with Gasteiger partial charge in [0.1, 0.15) is 11.5 Å². The lowest BCUT2D eigenvalue weighted by Crippen LogP contribution is -2.33. The molecule has 2 aromatic carbocycles. The minimum Gasteiger partial charge on any atom is -0.507 e. The lowest BCUT2D eigenvalue weighted by molar-refractivity contribution is -0.140. The Bertz CT molecular complexity index is 993. The van der Waals surface area contributed by atoms with Crippen molar-refractivity contribution in [2.45, 2.75) is 33.2 Å². The summed E-state index contributed by atoms with van der Waals surface area (Å²) in [6, 6.07) is 14.1. The van der Waals surface area contributed by atoms with Gasteiger partial charge in [0.2, 0.25) is 0 Å². The van der Waals surface area contributed by atoms with E-state index in [1.165, 1.54) is 7.11 Å². The van der Waals surface area contributed by atoms with E-state index in [0.29, 0.717) is 17.9 Å². The first-order valence-electron chi connectivity index (χ1n) is 11.1. The van der Waals surface area contributed by atoms with Gasteiger partial charge in [-0.05, 0) is 50.7 Å². The number of ether oxygens (including phenoxy) is 1. The Morgan fingerprint density at radius 1 is 1.06 bits per heavy atom. The van der Waals surface area contributed by atoms with E-state index < -0.39 is 17.7 Å². The fourth-order valence-electron chi connectivity index (χ4n) is 4.20. The maximum Gasteiger partial charge on any atom is 0.295 e. The van der Waals surface area contributed by atoms with Crippen molar-refractivity contribution in [1.82, 2.24) is 9.80 Å². The second kappa shape index (κ2) is 10.5. The molecule has 1 N–H and O–H groups in total. The van der Waals surface area contributed by atoms with Gasteiger partial charge in [0.05, 0.1) is 24.3 Å². The molecular weight excluding hydrogens is 404 g/mol. The molecule has 1 heterocycles. The fourth-order valence-corrected chi connectivity index (χ4v) is 4.20. The van der Waals surface area contributed by atoms with E-state index in [9.17, 15) is 14.7 Å². The number of ketones is 1. The van der Waals surface area contributed by atoms with Crippen molar-refractivity contribution in [2.75, 3.05) is 33.3 Å². The standard InChI is InChI=1S/C26H32N2O4/c1-5-27(6-2)16-9-17-28-23(19-14-12-18(3)13-15-19)22(25(30)26(28)31)24(29)20-10-7-8-11-21(20)32-4/h7-8,10-15,23,29H,5-6,9,16-17H2,1-4H3/b24-22+. The summed E-state index contributed by atoms with van der Waals surface area (Å²) in [4.78, 5) is 30.1. The molecule has 1 amide bonds. The molecular formula is C26H32N2O4. The van der Waals surface area contributed by atoms with Crippen molar-refractivity contribution in [3.05, 3.63) is 70.8 Å². The minimum absolute atomic E-state index is 0.103. The highest BCUT2D eigenvalue weighted by atomic mass is 16.5. The molecule has 2 aromatic rings. The van der Waals surface area contributed by atoms with Gasteiger partial charge in [-0.25, -0.2) is 0 Å². The van der Waals surface area contributed by atoms with Gasteiger partial charge in [0, 0.05) is 6.54 Å². The topological polar surface area (TPSA) is 70.1 Å². The zero-order chi connectivity index (χ0) is 23.3. The lowest BCUT2D eigenvalue weighted by Gasteiger charge is -2.27. The average Bonchev–Trinajstić information content (AvgIpc) is 3.06. The molecule has 1 fully saturated rings. The number of aliphatic hydroxyl groups is 1. The van der Waals surface area contributed by atoms with Crippen LogP contribution in [0.4, 0.5) is 0 Å². The Labute approximate surface area is 190 Å². The van der Waals surface area contributed by atoms with Gasteiger partial charge in [0.15, 0.2) is 0 Å². The molecule has 0 bridgehead atoms. The summed E-state index contributed by atoms with van der Waals surface area (Å²) < 4.78 is 5.38. The summed E-state index contributed by atoms with van der Waals surface area (Å²) in [7, 11) is 1.51. The lowest BCUT2D eigenvalue weighted by atomic mass is 9.94. The molecule has 1 atom stereocenters. The van der Waals surface area contributed by atoms with E-state index in [1.807, 2.05) is 31.2 Å². The molecule has 0 spiro atoms.